The van der Waals surface area contributed by atoms with Crippen LogP contribution >= 0.6 is 0 Å². The molecule has 2 fully saturated rings. The minimum atomic E-state index is -3.93. The van der Waals surface area contributed by atoms with Crippen LogP contribution in [0.3, 0.4) is 0 Å². The van der Waals surface area contributed by atoms with Gasteiger partial charge in [-0.2, -0.15) is 0 Å². The van der Waals surface area contributed by atoms with Gasteiger partial charge in [0.2, 0.25) is 15.9 Å². The van der Waals surface area contributed by atoms with Gasteiger partial charge in [0.15, 0.2) is 11.5 Å². The monoisotopic (exact) mass is 517 g/mol. The molecule has 36 heavy (non-hydrogen) atoms. The molecule has 0 aliphatic carbocycles. The Labute approximate surface area is 208 Å². The number of methoxy groups -OCH3 is 2. The third kappa shape index (κ3) is 5.06. The Hall–Kier alpha value is -3.48. The highest BCUT2D eigenvalue weighted by molar-refractivity contribution is 7.89. The summed E-state index contributed by atoms with van der Waals surface area (Å²) in [5.74, 6) is -0.753. The van der Waals surface area contributed by atoms with Crippen LogP contribution in [0.5, 0.6) is 11.5 Å². The van der Waals surface area contributed by atoms with E-state index in [0.29, 0.717) is 18.1 Å². The standard InChI is InChI=1S/C24H27N3O8S/c1-33-20-10-5-15(12-21(20)34-2)23(29)26(14-17-4-3-11-35-17)19-13-22(28)27(24(19)30)16-6-8-18(9-7-16)36(25,31)32/h5-10,12,17,19H,3-4,11,13-14H2,1-2H3,(H2,25,31,32). The molecule has 11 nitrogen and oxygen atoms in total. The second-order valence-corrected chi connectivity index (χ2v) is 10.0. The highest BCUT2D eigenvalue weighted by atomic mass is 32.2. The zero-order valence-corrected chi connectivity index (χ0v) is 20.7. The summed E-state index contributed by atoms with van der Waals surface area (Å²) in [6.45, 7) is 0.693. The second-order valence-electron chi connectivity index (χ2n) is 8.49. The van der Waals surface area contributed by atoms with E-state index in [0.717, 1.165) is 17.7 Å². The van der Waals surface area contributed by atoms with Gasteiger partial charge in [0.1, 0.15) is 6.04 Å². The number of sulfonamides is 1. The van der Waals surface area contributed by atoms with Crippen molar-refractivity contribution in [1.29, 1.82) is 0 Å². The van der Waals surface area contributed by atoms with E-state index >= 15 is 0 Å². The Kier molecular flexibility index (Phi) is 7.29. The van der Waals surface area contributed by atoms with Crippen LogP contribution in [0, 0.1) is 0 Å². The van der Waals surface area contributed by atoms with Gasteiger partial charge in [0, 0.05) is 18.7 Å². The number of primary sulfonamides is 1. The normalized spacial score (nSPS) is 20.0. The Morgan fingerprint density at radius 3 is 2.39 bits per heavy atom. The highest BCUT2D eigenvalue weighted by Crippen LogP contribution is 2.31. The number of hydrogen-bond donors (Lipinski definition) is 1. The van der Waals surface area contributed by atoms with Crippen molar-refractivity contribution >= 4 is 33.4 Å². The molecule has 0 spiro atoms. The van der Waals surface area contributed by atoms with Crippen molar-refractivity contribution in [1.82, 2.24) is 4.90 Å². The van der Waals surface area contributed by atoms with E-state index in [1.54, 1.807) is 12.1 Å². The predicted molar refractivity (Wildman–Crippen MR) is 128 cm³/mol. The number of carbonyl (C=O) groups is 3. The summed E-state index contributed by atoms with van der Waals surface area (Å²) in [6, 6.07) is 8.73. The van der Waals surface area contributed by atoms with E-state index in [-0.39, 0.29) is 35.2 Å². The zero-order chi connectivity index (χ0) is 26.0. The Morgan fingerprint density at radius 1 is 1.11 bits per heavy atom. The molecule has 2 aromatic carbocycles. The number of nitrogens with two attached hydrogens (primary N) is 1. The number of carbonyl (C=O) groups excluding carboxylic acids is 3. The Balaban J connectivity index is 1.65. The molecule has 2 aliphatic heterocycles. The molecule has 0 aromatic heterocycles. The number of imide groups is 1. The van der Waals surface area contributed by atoms with Crippen molar-refractivity contribution in [3.8, 4) is 11.5 Å². The van der Waals surface area contributed by atoms with Crippen molar-refractivity contribution in [2.24, 2.45) is 5.14 Å². The first kappa shape index (κ1) is 25.6. The van der Waals surface area contributed by atoms with Crippen LogP contribution in [-0.4, -0.2) is 70.6 Å². The number of hydrogen-bond acceptors (Lipinski definition) is 8. The first-order chi connectivity index (χ1) is 17.1. The van der Waals surface area contributed by atoms with E-state index < -0.39 is 33.8 Å². The smallest absolute Gasteiger partial charge is 0.257 e. The zero-order valence-electron chi connectivity index (χ0n) is 19.9. The predicted octanol–water partition coefficient (Wildman–Crippen LogP) is 1.30. The fraction of sp³-hybridized carbons (Fsp3) is 0.375. The third-order valence-corrected chi connectivity index (χ3v) is 7.17. The minimum Gasteiger partial charge on any atom is -0.493 e. The number of anilines is 1. The lowest BCUT2D eigenvalue weighted by Crippen LogP contribution is -2.48. The number of amides is 3. The molecule has 3 amide bonds. The molecule has 12 heteroatoms. The van der Waals surface area contributed by atoms with E-state index in [4.69, 9.17) is 19.3 Å². The van der Waals surface area contributed by atoms with E-state index in [2.05, 4.69) is 0 Å². The number of ether oxygens (including phenoxy) is 3. The first-order valence-electron chi connectivity index (χ1n) is 11.3. The second kappa shape index (κ2) is 10.2. The lowest BCUT2D eigenvalue weighted by Gasteiger charge is -2.30. The minimum absolute atomic E-state index is 0.134. The molecule has 0 radical (unpaired) electrons. The van der Waals surface area contributed by atoms with Gasteiger partial charge in [-0.3, -0.25) is 14.4 Å². The van der Waals surface area contributed by atoms with Gasteiger partial charge < -0.3 is 19.1 Å². The number of rotatable bonds is 8. The molecule has 2 N–H and O–H groups in total. The fourth-order valence-electron chi connectivity index (χ4n) is 4.41. The molecule has 2 aromatic rings. The molecule has 2 aliphatic rings. The first-order valence-corrected chi connectivity index (χ1v) is 12.8. The molecular formula is C24H27N3O8S. The van der Waals surface area contributed by atoms with Gasteiger partial charge in [-0.25, -0.2) is 18.5 Å². The van der Waals surface area contributed by atoms with Crippen LogP contribution < -0.4 is 19.5 Å². The van der Waals surface area contributed by atoms with Crippen molar-refractivity contribution in [2.75, 3.05) is 32.3 Å². The van der Waals surface area contributed by atoms with Crippen LogP contribution in [0.15, 0.2) is 47.4 Å². The van der Waals surface area contributed by atoms with Crippen LogP contribution in [0.25, 0.3) is 0 Å². The molecule has 2 saturated heterocycles. The van der Waals surface area contributed by atoms with Crippen LogP contribution in [-0.2, 0) is 24.3 Å². The summed E-state index contributed by atoms with van der Waals surface area (Å²) < 4.78 is 39.4. The Bertz CT molecular complexity index is 1270. The SMILES string of the molecule is COc1ccc(C(=O)N(CC2CCCO2)C2CC(=O)N(c3ccc(S(N)(=O)=O)cc3)C2=O)cc1OC. The van der Waals surface area contributed by atoms with Gasteiger partial charge in [-0.05, 0) is 55.3 Å². The molecule has 192 valence electrons. The molecule has 2 heterocycles. The van der Waals surface area contributed by atoms with Gasteiger partial charge in [0.05, 0.1) is 37.3 Å². The maximum Gasteiger partial charge on any atom is 0.257 e. The van der Waals surface area contributed by atoms with Crippen LogP contribution in [0.4, 0.5) is 5.69 Å². The van der Waals surface area contributed by atoms with Crippen LogP contribution in [0.2, 0.25) is 0 Å². The summed E-state index contributed by atoms with van der Waals surface area (Å²) >= 11 is 0. The maximum atomic E-state index is 13.6. The quantitative estimate of drug-likeness (QED) is 0.516. The van der Waals surface area contributed by atoms with Crippen molar-refractivity contribution in [3.05, 3.63) is 48.0 Å². The Morgan fingerprint density at radius 2 is 1.81 bits per heavy atom. The van der Waals surface area contributed by atoms with Gasteiger partial charge >= 0.3 is 0 Å². The van der Waals surface area contributed by atoms with Crippen molar-refractivity contribution in [3.63, 3.8) is 0 Å². The maximum absolute atomic E-state index is 13.6. The highest BCUT2D eigenvalue weighted by Gasteiger charge is 2.45. The molecule has 0 bridgehead atoms. The summed E-state index contributed by atoms with van der Waals surface area (Å²) in [6.07, 6.45) is 1.08. The van der Waals surface area contributed by atoms with Crippen molar-refractivity contribution in [2.45, 2.75) is 36.3 Å². The molecule has 2 unspecified atom stereocenters. The van der Waals surface area contributed by atoms with Crippen LogP contribution in [0.1, 0.15) is 29.6 Å². The molecule has 2 atom stereocenters. The molecular weight excluding hydrogens is 490 g/mol. The molecule has 4 rings (SSSR count). The summed E-state index contributed by atoms with van der Waals surface area (Å²) in [4.78, 5) is 42.2. The summed E-state index contributed by atoms with van der Waals surface area (Å²) in [7, 11) is -1.000. The van der Waals surface area contributed by atoms with Gasteiger partial charge in [-0.15, -0.1) is 0 Å². The average Bonchev–Trinajstić information content (AvgIpc) is 3.48. The fourth-order valence-corrected chi connectivity index (χ4v) is 4.93. The topological polar surface area (TPSA) is 146 Å². The lowest BCUT2D eigenvalue weighted by molar-refractivity contribution is -0.122. The van der Waals surface area contributed by atoms with Gasteiger partial charge in [0.25, 0.3) is 11.8 Å². The van der Waals surface area contributed by atoms with Crippen molar-refractivity contribution < 1.29 is 37.0 Å². The summed E-state index contributed by atoms with van der Waals surface area (Å²) in [5.41, 5.74) is 0.456. The number of benzene rings is 2. The summed E-state index contributed by atoms with van der Waals surface area (Å²) in [5, 5.41) is 5.13. The van der Waals surface area contributed by atoms with Gasteiger partial charge in [-0.1, -0.05) is 0 Å². The average molecular weight is 518 g/mol. The van der Waals surface area contributed by atoms with E-state index in [1.165, 1.54) is 49.5 Å². The molecule has 0 saturated carbocycles. The van der Waals surface area contributed by atoms with E-state index in [9.17, 15) is 22.8 Å². The van der Waals surface area contributed by atoms with E-state index in [1.807, 2.05) is 0 Å². The third-order valence-electron chi connectivity index (χ3n) is 6.24. The lowest BCUT2D eigenvalue weighted by atomic mass is 10.1. The largest absolute Gasteiger partial charge is 0.493 e. The number of nitrogens with zero attached hydrogens (tertiary/aromatic N) is 2.